The molecule has 1 aromatic rings. The summed E-state index contributed by atoms with van der Waals surface area (Å²) in [5.41, 5.74) is 0. The Morgan fingerprint density at radius 3 is 2.69 bits per heavy atom. The van der Waals surface area contributed by atoms with Crippen molar-refractivity contribution in [3.63, 3.8) is 0 Å². The minimum Gasteiger partial charge on any atom is -0.310 e. The molecule has 0 amide bonds. The molecule has 1 atom stereocenters. The van der Waals surface area contributed by atoms with Crippen LogP contribution in [0.4, 0.5) is 0 Å². The zero-order valence-electron chi connectivity index (χ0n) is 10.8. The number of tetrazole rings is 1. The van der Waals surface area contributed by atoms with Crippen LogP contribution in [0.1, 0.15) is 39.9 Å². The van der Waals surface area contributed by atoms with Gasteiger partial charge in [0.2, 0.25) is 0 Å². The Morgan fingerprint density at radius 1 is 1.31 bits per heavy atom. The van der Waals surface area contributed by atoms with Crippen molar-refractivity contribution in [1.29, 1.82) is 0 Å². The van der Waals surface area contributed by atoms with Crippen LogP contribution >= 0.6 is 0 Å². The highest BCUT2D eigenvalue weighted by Gasteiger charge is 2.08. The van der Waals surface area contributed by atoms with Gasteiger partial charge in [0, 0.05) is 6.54 Å². The summed E-state index contributed by atoms with van der Waals surface area (Å²) in [6, 6.07) is 0. The lowest BCUT2D eigenvalue weighted by Gasteiger charge is -2.10. The third kappa shape index (κ3) is 4.26. The topological polar surface area (TPSA) is 55.6 Å². The van der Waals surface area contributed by atoms with Gasteiger partial charge in [-0.3, -0.25) is 0 Å². The minimum atomic E-state index is 0.618. The lowest BCUT2D eigenvalue weighted by atomic mass is 10.1. The number of hydrogen-bond donors (Lipinski definition) is 1. The van der Waals surface area contributed by atoms with Crippen molar-refractivity contribution in [2.24, 2.45) is 11.8 Å². The van der Waals surface area contributed by atoms with E-state index >= 15 is 0 Å². The van der Waals surface area contributed by atoms with Crippen molar-refractivity contribution >= 4 is 0 Å². The largest absolute Gasteiger partial charge is 0.310 e. The summed E-state index contributed by atoms with van der Waals surface area (Å²) in [6.07, 6.45) is 1.15. The van der Waals surface area contributed by atoms with Gasteiger partial charge in [-0.1, -0.05) is 34.1 Å². The zero-order chi connectivity index (χ0) is 12.0. The van der Waals surface area contributed by atoms with Gasteiger partial charge in [0.15, 0.2) is 5.82 Å². The summed E-state index contributed by atoms with van der Waals surface area (Å²) < 4.78 is 1.90. The van der Waals surface area contributed by atoms with Crippen LogP contribution in [-0.2, 0) is 13.1 Å². The Morgan fingerprint density at radius 2 is 2.06 bits per heavy atom. The van der Waals surface area contributed by atoms with E-state index in [2.05, 4.69) is 48.5 Å². The van der Waals surface area contributed by atoms with Gasteiger partial charge in [0.05, 0.1) is 6.54 Å². The third-order valence-corrected chi connectivity index (χ3v) is 2.62. The van der Waals surface area contributed by atoms with E-state index < -0.39 is 0 Å². The van der Waals surface area contributed by atoms with Gasteiger partial charge < -0.3 is 5.32 Å². The predicted octanol–water partition coefficient (Wildman–Crippen LogP) is 1.46. The summed E-state index contributed by atoms with van der Waals surface area (Å²) >= 11 is 0. The number of nitrogens with one attached hydrogen (secondary N) is 1. The summed E-state index contributed by atoms with van der Waals surface area (Å²) in [6.45, 7) is 11.4. The Labute approximate surface area is 97.6 Å². The van der Waals surface area contributed by atoms with Crippen molar-refractivity contribution in [2.45, 2.75) is 47.2 Å². The molecule has 0 aliphatic rings. The van der Waals surface area contributed by atoms with Crippen LogP contribution in [0.25, 0.3) is 0 Å². The molecule has 0 fully saturated rings. The Balaban J connectivity index is 2.44. The summed E-state index contributed by atoms with van der Waals surface area (Å²) in [4.78, 5) is 0. The molecular formula is C11H23N5. The van der Waals surface area contributed by atoms with E-state index in [1.54, 1.807) is 0 Å². The normalized spacial score (nSPS) is 13.3. The Kier molecular flexibility index (Phi) is 5.38. The van der Waals surface area contributed by atoms with Crippen molar-refractivity contribution in [2.75, 3.05) is 6.54 Å². The highest BCUT2D eigenvalue weighted by molar-refractivity contribution is 4.80. The molecule has 1 unspecified atom stereocenters. The smallest absolute Gasteiger partial charge is 0.165 e. The van der Waals surface area contributed by atoms with Gasteiger partial charge in [0.1, 0.15) is 0 Å². The van der Waals surface area contributed by atoms with Crippen LogP contribution in [0.3, 0.4) is 0 Å². The van der Waals surface area contributed by atoms with E-state index in [9.17, 15) is 0 Å². The first-order chi connectivity index (χ1) is 7.63. The molecule has 5 nitrogen and oxygen atoms in total. The minimum absolute atomic E-state index is 0.618. The van der Waals surface area contributed by atoms with E-state index in [1.165, 1.54) is 0 Å². The van der Waals surface area contributed by atoms with E-state index in [4.69, 9.17) is 0 Å². The van der Waals surface area contributed by atoms with Gasteiger partial charge >= 0.3 is 0 Å². The van der Waals surface area contributed by atoms with Crippen LogP contribution in [0.2, 0.25) is 0 Å². The molecule has 1 heterocycles. The first kappa shape index (κ1) is 13.1. The molecule has 5 heteroatoms. The van der Waals surface area contributed by atoms with Crippen LogP contribution in [0, 0.1) is 11.8 Å². The van der Waals surface area contributed by atoms with Crippen LogP contribution in [0.15, 0.2) is 0 Å². The van der Waals surface area contributed by atoms with Gasteiger partial charge in [-0.2, -0.15) is 0 Å². The lowest BCUT2D eigenvalue weighted by molar-refractivity contribution is 0.414. The van der Waals surface area contributed by atoms with Crippen LogP contribution in [0.5, 0.6) is 0 Å². The second-order valence-corrected chi connectivity index (χ2v) is 4.82. The van der Waals surface area contributed by atoms with Gasteiger partial charge in [-0.15, -0.1) is 5.10 Å². The molecule has 16 heavy (non-hydrogen) atoms. The number of hydrogen-bond acceptors (Lipinski definition) is 4. The predicted molar refractivity (Wildman–Crippen MR) is 63.8 cm³/mol. The van der Waals surface area contributed by atoms with Crippen molar-refractivity contribution in [3.05, 3.63) is 5.82 Å². The maximum Gasteiger partial charge on any atom is 0.165 e. The maximum absolute atomic E-state index is 4.04. The maximum atomic E-state index is 4.04. The monoisotopic (exact) mass is 225 g/mol. The fourth-order valence-electron chi connectivity index (χ4n) is 1.39. The fraction of sp³-hybridized carbons (Fsp3) is 0.909. The average molecular weight is 225 g/mol. The highest BCUT2D eigenvalue weighted by atomic mass is 15.5. The zero-order valence-corrected chi connectivity index (χ0v) is 10.8. The highest BCUT2D eigenvalue weighted by Crippen LogP contribution is 2.05. The molecule has 0 aromatic carbocycles. The summed E-state index contributed by atoms with van der Waals surface area (Å²) in [5.74, 6) is 2.20. The lowest BCUT2D eigenvalue weighted by Crippen LogP contribution is -2.22. The molecule has 0 aliphatic heterocycles. The van der Waals surface area contributed by atoms with Gasteiger partial charge in [-0.25, -0.2) is 4.68 Å². The molecule has 0 radical (unpaired) electrons. The molecule has 0 saturated carbocycles. The average Bonchev–Trinajstić information content (AvgIpc) is 2.65. The van der Waals surface area contributed by atoms with E-state index in [0.717, 1.165) is 31.9 Å². The van der Waals surface area contributed by atoms with Crippen molar-refractivity contribution in [3.8, 4) is 0 Å². The first-order valence-electron chi connectivity index (χ1n) is 6.09. The molecule has 1 rings (SSSR count). The molecule has 0 aliphatic carbocycles. The Bertz CT molecular complexity index is 294. The number of aromatic nitrogens is 4. The summed E-state index contributed by atoms with van der Waals surface area (Å²) in [7, 11) is 0. The molecular weight excluding hydrogens is 202 g/mol. The quantitative estimate of drug-likeness (QED) is 0.763. The summed E-state index contributed by atoms with van der Waals surface area (Å²) in [5, 5.41) is 15.1. The van der Waals surface area contributed by atoms with Crippen LogP contribution < -0.4 is 5.32 Å². The number of nitrogens with zero attached hydrogens (tertiary/aromatic N) is 4. The second kappa shape index (κ2) is 6.58. The first-order valence-corrected chi connectivity index (χ1v) is 6.09. The number of rotatable bonds is 7. The van der Waals surface area contributed by atoms with Gasteiger partial charge in [-0.05, 0) is 28.8 Å². The molecule has 0 bridgehead atoms. The molecule has 1 aromatic heterocycles. The fourth-order valence-corrected chi connectivity index (χ4v) is 1.39. The molecule has 0 spiro atoms. The van der Waals surface area contributed by atoms with E-state index in [0.29, 0.717) is 11.8 Å². The SMILES string of the molecule is CCC(C)Cn1nnnc1CNCC(C)C. The molecule has 0 saturated heterocycles. The van der Waals surface area contributed by atoms with E-state index in [1.807, 2.05) is 4.68 Å². The molecule has 1 N–H and O–H groups in total. The van der Waals surface area contributed by atoms with E-state index in [-0.39, 0.29) is 0 Å². The van der Waals surface area contributed by atoms with Crippen molar-refractivity contribution in [1.82, 2.24) is 25.5 Å². The van der Waals surface area contributed by atoms with Gasteiger partial charge in [0.25, 0.3) is 0 Å². The second-order valence-electron chi connectivity index (χ2n) is 4.82. The molecule has 92 valence electrons. The Hall–Kier alpha value is -0.970. The van der Waals surface area contributed by atoms with Crippen LogP contribution in [-0.4, -0.2) is 26.8 Å². The third-order valence-electron chi connectivity index (χ3n) is 2.62. The van der Waals surface area contributed by atoms with Crippen molar-refractivity contribution < 1.29 is 0 Å². The standard InChI is InChI=1S/C11H23N5/c1-5-10(4)8-16-11(13-14-15-16)7-12-6-9(2)3/h9-10,12H,5-8H2,1-4H3.